The monoisotopic (exact) mass is 294 g/mol. The van der Waals surface area contributed by atoms with Gasteiger partial charge in [-0.05, 0) is 30.5 Å². The van der Waals surface area contributed by atoms with Gasteiger partial charge in [0.25, 0.3) is 5.91 Å². The van der Waals surface area contributed by atoms with Crippen LogP contribution in [0.4, 0.5) is 0 Å². The highest BCUT2D eigenvalue weighted by atomic mass is 35.5. The van der Waals surface area contributed by atoms with Crippen molar-refractivity contribution in [1.82, 2.24) is 10.6 Å². The Balaban J connectivity index is 2.06. The fourth-order valence-electron chi connectivity index (χ4n) is 2.05. The molecular weight excluding hydrogens is 280 g/mol. The summed E-state index contributed by atoms with van der Waals surface area (Å²) in [5.41, 5.74) is 1.36. The Labute approximate surface area is 121 Å². The van der Waals surface area contributed by atoms with Crippen molar-refractivity contribution in [2.24, 2.45) is 0 Å². The lowest BCUT2D eigenvalue weighted by atomic mass is 10.0. The molecule has 0 bridgehead atoms. The van der Waals surface area contributed by atoms with Crippen LogP contribution in [-0.4, -0.2) is 23.8 Å². The first-order valence-corrected chi connectivity index (χ1v) is 6.82. The van der Waals surface area contributed by atoms with Crippen LogP contribution in [0.1, 0.15) is 35.7 Å². The van der Waals surface area contributed by atoms with Gasteiger partial charge in [0.1, 0.15) is 6.04 Å². The van der Waals surface area contributed by atoms with E-state index in [-0.39, 0.29) is 18.2 Å². The average Bonchev–Trinajstić information content (AvgIpc) is 2.41. The van der Waals surface area contributed by atoms with E-state index in [0.29, 0.717) is 17.0 Å². The summed E-state index contributed by atoms with van der Waals surface area (Å²) in [5, 5.41) is 5.34. The maximum absolute atomic E-state index is 12.1. The molecule has 1 aliphatic rings. The van der Waals surface area contributed by atoms with Crippen LogP contribution in [0.25, 0.3) is 0 Å². The summed E-state index contributed by atoms with van der Waals surface area (Å²) in [5.74, 6) is -1.15. The minimum absolute atomic E-state index is 0.228. The smallest absolute Gasteiger partial charge is 0.251 e. The largest absolute Gasteiger partial charge is 0.340 e. The van der Waals surface area contributed by atoms with Crippen molar-refractivity contribution in [3.05, 3.63) is 34.3 Å². The third-order valence-corrected chi connectivity index (χ3v) is 3.59. The van der Waals surface area contributed by atoms with Gasteiger partial charge < -0.3 is 5.32 Å². The molecule has 1 unspecified atom stereocenters. The Morgan fingerprint density at radius 2 is 2.20 bits per heavy atom. The van der Waals surface area contributed by atoms with Crippen molar-refractivity contribution in [2.45, 2.75) is 32.2 Å². The van der Waals surface area contributed by atoms with Crippen molar-refractivity contribution in [3.63, 3.8) is 0 Å². The number of hydrogen-bond acceptors (Lipinski definition) is 3. The number of amides is 3. The minimum Gasteiger partial charge on any atom is -0.340 e. The second kappa shape index (κ2) is 6.05. The maximum Gasteiger partial charge on any atom is 0.251 e. The van der Waals surface area contributed by atoms with Gasteiger partial charge in [-0.25, -0.2) is 0 Å². The molecule has 2 N–H and O–H groups in total. The SMILES string of the molecule is CCc1ccc(C(=O)NC2CCC(=O)NC2=O)cc1Cl. The van der Waals surface area contributed by atoms with Gasteiger partial charge in [-0.3, -0.25) is 19.7 Å². The predicted octanol–water partition coefficient (Wildman–Crippen LogP) is 1.44. The van der Waals surface area contributed by atoms with E-state index in [1.54, 1.807) is 18.2 Å². The Hall–Kier alpha value is -1.88. The molecule has 1 aromatic rings. The molecule has 1 aromatic carbocycles. The van der Waals surface area contributed by atoms with Gasteiger partial charge in [-0.1, -0.05) is 24.6 Å². The molecule has 3 amide bonds. The fraction of sp³-hybridized carbons (Fsp3) is 0.357. The minimum atomic E-state index is -0.676. The predicted molar refractivity (Wildman–Crippen MR) is 74.5 cm³/mol. The zero-order valence-electron chi connectivity index (χ0n) is 11.0. The van der Waals surface area contributed by atoms with Gasteiger partial charge in [-0.2, -0.15) is 0 Å². The summed E-state index contributed by atoms with van der Waals surface area (Å²) in [6.45, 7) is 1.98. The molecule has 1 aliphatic heterocycles. The first-order valence-electron chi connectivity index (χ1n) is 6.44. The summed E-state index contributed by atoms with van der Waals surface area (Å²) in [6.07, 6.45) is 1.33. The molecule has 0 aliphatic carbocycles. The number of carbonyl (C=O) groups is 3. The van der Waals surface area contributed by atoms with Crippen LogP contribution < -0.4 is 10.6 Å². The van der Waals surface area contributed by atoms with E-state index in [4.69, 9.17) is 11.6 Å². The van der Waals surface area contributed by atoms with Crippen LogP contribution in [0.5, 0.6) is 0 Å². The molecule has 1 atom stereocenters. The number of piperidine rings is 1. The van der Waals surface area contributed by atoms with Gasteiger partial charge in [0.15, 0.2) is 0 Å². The van der Waals surface area contributed by atoms with Crippen molar-refractivity contribution >= 4 is 29.3 Å². The van der Waals surface area contributed by atoms with E-state index in [0.717, 1.165) is 12.0 Å². The van der Waals surface area contributed by atoms with Crippen LogP contribution in [0.15, 0.2) is 18.2 Å². The highest BCUT2D eigenvalue weighted by molar-refractivity contribution is 6.31. The van der Waals surface area contributed by atoms with Crippen molar-refractivity contribution in [1.29, 1.82) is 0 Å². The molecule has 106 valence electrons. The number of halogens is 1. The summed E-state index contributed by atoms with van der Waals surface area (Å²) in [6, 6.07) is 4.37. The molecule has 1 fully saturated rings. The number of hydrogen-bond donors (Lipinski definition) is 2. The summed E-state index contributed by atoms with van der Waals surface area (Å²) in [7, 11) is 0. The molecule has 2 rings (SSSR count). The van der Waals surface area contributed by atoms with Crippen LogP contribution >= 0.6 is 11.6 Å². The van der Waals surface area contributed by atoms with E-state index in [1.165, 1.54) is 0 Å². The van der Waals surface area contributed by atoms with E-state index in [1.807, 2.05) is 6.92 Å². The third kappa shape index (κ3) is 3.17. The molecule has 0 aromatic heterocycles. The van der Waals surface area contributed by atoms with Crippen LogP contribution in [-0.2, 0) is 16.0 Å². The first kappa shape index (κ1) is 14.5. The van der Waals surface area contributed by atoms with Gasteiger partial charge >= 0.3 is 0 Å². The highest BCUT2D eigenvalue weighted by Crippen LogP contribution is 2.18. The summed E-state index contributed by atoms with van der Waals surface area (Å²) < 4.78 is 0. The Bertz CT molecular complexity index is 572. The normalized spacial score (nSPS) is 18.6. The van der Waals surface area contributed by atoms with E-state index < -0.39 is 11.9 Å². The molecular formula is C14H15ClN2O3. The number of carbonyl (C=O) groups excluding carboxylic acids is 3. The zero-order valence-corrected chi connectivity index (χ0v) is 11.8. The molecule has 1 saturated heterocycles. The van der Waals surface area contributed by atoms with Crippen LogP contribution in [0, 0.1) is 0 Å². The topological polar surface area (TPSA) is 75.3 Å². The molecule has 1 heterocycles. The molecule has 0 saturated carbocycles. The number of aryl methyl sites for hydroxylation is 1. The second-order valence-electron chi connectivity index (χ2n) is 4.64. The lowest BCUT2D eigenvalue weighted by Gasteiger charge is -2.21. The highest BCUT2D eigenvalue weighted by Gasteiger charge is 2.28. The first-order chi connectivity index (χ1) is 9.51. The van der Waals surface area contributed by atoms with Crippen molar-refractivity contribution in [2.75, 3.05) is 0 Å². The Morgan fingerprint density at radius 3 is 2.80 bits per heavy atom. The molecule has 6 heteroatoms. The van der Waals surface area contributed by atoms with E-state index in [9.17, 15) is 14.4 Å². The number of imide groups is 1. The quantitative estimate of drug-likeness (QED) is 0.828. The summed E-state index contributed by atoms with van der Waals surface area (Å²) >= 11 is 6.06. The second-order valence-corrected chi connectivity index (χ2v) is 5.04. The zero-order chi connectivity index (χ0) is 14.7. The number of rotatable bonds is 3. The molecule has 20 heavy (non-hydrogen) atoms. The molecule has 5 nitrogen and oxygen atoms in total. The summed E-state index contributed by atoms with van der Waals surface area (Å²) in [4.78, 5) is 34.7. The number of benzene rings is 1. The van der Waals surface area contributed by atoms with Gasteiger partial charge in [-0.15, -0.1) is 0 Å². The van der Waals surface area contributed by atoms with Crippen LogP contribution in [0.3, 0.4) is 0 Å². The van der Waals surface area contributed by atoms with Gasteiger partial charge in [0.2, 0.25) is 11.8 Å². The maximum atomic E-state index is 12.1. The molecule has 0 spiro atoms. The Kier molecular flexibility index (Phi) is 4.39. The van der Waals surface area contributed by atoms with Gasteiger partial charge in [0, 0.05) is 17.0 Å². The fourth-order valence-corrected chi connectivity index (χ4v) is 2.36. The van der Waals surface area contributed by atoms with Crippen molar-refractivity contribution in [3.8, 4) is 0 Å². The van der Waals surface area contributed by atoms with E-state index >= 15 is 0 Å². The standard InChI is InChI=1S/C14H15ClN2O3/c1-2-8-3-4-9(7-10(8)15)13(19)16-11-5-6-12(18)17-14(11)20/h3-4,7,11H,2,5-6H2,1H3,(H,16,19)(H,17,18,20). The third-order valence-electron chi connectivity index (χ3n) is 3.24. The van der Waals surface area contributed by atoms with Gasteiger partial charge in [0.05, 0.1) is 0 Å². The molecule has 0 radical (unpaired) electrons. The van der Waals surface area contributed by atoms with Crippen LogP contribution in [0.2, 0.25) is 5.02 Å². The lowest BCUT2D eigenvalue weighted by Crippen LogP contribution is -2.52. The van der Waals surface area contributed by atoms with E-state index in [2.05, 4.69) is 10.6 Å². The lowest BCUT2D eigenvalue weighted by molar-refractivity contribution is -0.134. The van der Waals surface area contributed by atoms with Crippen molar-refractivity contribution < 1.29 is 14.4 Å². The Morgan fingerprint density at radius 1 is 1.45 bits per heavy atom. The average molecular weight is 295 g/mol. The number of nitrogens with one attached hydrogen (secondary N) is 2.